The van der Waals surface area contributed by atoms with Gasteiger partial charge >= 0.3 is 5.97 Å². The number of nitrogens with one attached hydrogen (secondary N) is 1. The van der Waals surface area contributed by atoms with Gasteiger partial charge in [0, 0.05) is 6.04 Å². The lowest BCUT2D eigenvalue weighted by Gasteiger charge is -2.25. The third kappa shape index (κ3) is 3.77. The zero-order chi connectivity index (χ0) is 16.2. The first-order valence-corrected chi connectivity index (χ1v) is 7.80. The number of rotatable bonds is 4. The van der Waals surface area contributed by atoms with Gasteiger partial charge in [0.15, 0.2) is 0 Å². The van der Waals surface area contributed by atoms with Crippen LogP contribution in [-0.4, -0.2) is 23.0 Å². The number of aromatic carboxylic acids is 1. The third-order valence-electron chi connectivity index (χ3n) is 4.25. The van der Waals surface area contributed by atoms with E-state index >= 15 is 0 Å². The number of carbonyl (C=O) groups is 2. The molecule has 1 atom stereocenters. The predicted molar refractivity (Wildman–Crippen MR) is 87.5 cm³/mol. The van der Waals surface area contributed by atoms with E-state index in [9.17, 15) is 9.59 Å². The van der Waals surface area contributed by atoms with Crippen LogP contribution in [0.1, 0.15) is 33.5 Å². The summed E-state index contributed by atoms with van der Waals surface area (Å²) in [5.74, 6) is -1.03. The Morgan fingerprint density at radius 2 is 1.87 bits per heavy atom. The van der Waals surface area contributed by atoms with E-state index in [0.717, 1.165) is 24.8 Å². The van der Waals surface area contributed by atoms with E-state index in [1.807, 2.05) is 12.1 Å². The molecule has 2 N–H and O–H groups in total. The van der Waals surface area contributed by atoms with Crippen LogP contribution in [0.4, 0.5) is 0 Å². The minimum atomic E-state index is -0.976. The minimum absolute atomic E-state index is 0.0584. The molecule has 1 aliphatic rings. The van der Waals surface area contributed by atoms with Crippen molar-refractivity contribution < 1.29 is 14.7 Å². The summed E-state index contributed by atoms with van der Waals surface area (Å²) in [6.45, 7) is 0. The molecule has 0 heterocycles. The number of hydrogen-bond donors (Lipinski definition) is 2. The summed E-state index contributed by atoms with van der Waals surface area (Å²) in [7, 11) is 0. The summed E-state index contributed by atoms with van der Waals surface area (Å²) in [6.07, 6.45) is 2.99. The molecule has 118 valence electrons. The predicted octanol–water partition coefficient (Wildman–Crippen LogP) is 2.60. The highest BCUT2D eigenvalue weighted by Gasteiger charge is 2.19. The topological polar surface area (TPSA) is 66.4 Å². The Morgan fingerprint density at radius 3 is 2.65 bits per heavy atom. The Bertz CT molecular complexity index is 739. The molecule has 23 heavy (non-hydrogen) atoms. The van der Waals surface area contributed by atoms with Crippen LogP contribution in [0.25, 0.3) is 0 Å². The van der Waals surface area contributed by atoms with Gasteiger partial charge in [0.1, 0.15) is 0 Å². The molecule has 0 fully saturated rings. The quantitative estimate of drug-likeness (QED) is 0.912. The van der Waals surface area contributed by atoms with E-state index in [2.05, 4.69) is 17.4 Å². The smallest absolute Gasteiger partial charge is 0.335 e. The molecule has 0 saturated heterocycles. The zero-order valence-corrected chi connectivity index (χ0v) is 12.8. The first-order chi connectivity index (χ1) is 11.1. The molecule has 0 radical (unpaired) electrons. The fourth-order valence-corrected chi connectivity index (χ4v) is 3.10. The van der Waals surface area contributed by atoms with Crippen molar-refractivity contribution in [1.29, 1.82) is 0 Å². The summed E-state index contributed by atoms with van der Waals surface area (Å²) in [5.41, 5.74) is 3.60. The van der Waals surface area contributed by atoms with Crippen LogP contribution in [0.2, 0.25) is 0 Å². The van der Waals surface area contributed by atoms with Crippen molar-refractivity contribution in [2.75, 3.05) is 0 Å². The van der Waals surface area contributed by atoms with E-state index in [1.54, 1.807) is 18.2 Å². The standard InChI is InChI=1S/C19H19NO3/c21-18(11-13-4-3-7-16(10-13)19(22)23)20-17-9-8-14-5-1-2-6-15(14)12-17/h1-7,10,17H,8-9,11-12H2,(H,20,21)(H,22,23). The molecule has 2 aromatic carbocycles. The monoisotopic (exact) mass is 309 g/mol. The van der Waals surface area contributed by atoms with Crippen molar-refractivity contribution in [2.45, 2.75) is 31.7 Å². The Kier molecular flexibility index (Phi) is 4.42. The zero-order valence-electron chi connectivity index (χ0n) is 12.8. The van der Waals surface area contributed by atoms with Crippen LogP contribution in [0.3, 0.4) is 0 Å². The number of hydrogen-bond acceptors (Lipinski definition) is 2. The average Bonchev–Trinajstić information content (AvgIpc) is 2.55. The summed E-state index contributed by atoms with van der Waals surface area (Å²) >= 11 is 0. The van der Waals surface area contributed by atoms with Gasteiger partial charge in [0.25, 0.3) is 0 Å². The average molecular weight is 309 g/mol. The summed E-state index contributed by atoms with van der Waals surface area (Å²) in [4.78, 5) is 23.2. The van der Waals surface area contributed by atoms with Crippen molar-refractivity contribution in [3.8, 4) is 0 Å². The molecule has 1 amide bonds. The van der Waals surface area contributed by atoms with Gasteiger partial charge in [-0.05, 0) is 48.1 Å². The second kappa shape index (κ2) is 6.65. The lowest BCUT2D eigenvalue weighted by atomic mass is 9.88. The molecule has 4 nitrogen and oxygen atoms in total. The van der Waals surface area contributed by atoms with Crippen LogP contribution in [0, 0.1) is 0 Å². The van der Waals surface area contributed by atoms with Gasteiger partial charge in [-0.3, -0.25) is 4.79 Å². The van der Waals surface area contributed by atoms with Gasteiger partial charge in [0.05, 0.1) is 12.0 Å². The van der Waals surface area contributed by atoms with Crippen LogP contribution in [-0.2, 0) is 24.1 Å². The van der Waals surface area contributed by atoms with Crippen molar-refractivity contribution in [2.24, 2.45) is 0 Å². The Labute approximate surface area is 135 Å². The molecule has 0 aliphatic heterocycles. The molecule has 0 spiro atoms. The lowest BCUT2D eigenvalue weighted by Crippen LogP contribution is -2.39. The fraction of sp³-hybridized carbons (Fsp3) is 0.263. The molecule has 4 heteroatoms. The van der Waals surface area contributed by atoms with Gasteiger partial charge in [-0.25, -0.2) is 4.79 Å². The largest absolute Gasteiger partial charge is 0.478 e. The van der Waals surface area contributed by atoms with E-state index in [1.165, 1.54) is 17.2 Å². The van der Waals surface area contributed by atoms with Gasteiger partial charge in [0.2, 0.25) is 5.91 Å². The minimum Gasteiger partial charge on any atom is -0.478 e. The van der Waals surface area contributed by atoms with E-state index < -0.39 is 5.97 Å². The number of carboxylic acid groups (broad SMARTS) is 1. The van der Waals surface area contributed by atoms with Crippen LogP contribution in [0.5, 0.6) is 0 Å². The number of carboxylic acids is 1. The van der Waals surface area contributed by atoms with Crippen LogP contribution in [0.15, 0.2) is 48.5 Å². The molecular formula is C19H19NO3. The normalized spacial score (nSPS) is 16.4. The number of amides is 1. The second-order valence-corrected chi connectivity index (χ2v) is 5.96. The Balaban J connectivity index is 1.60. The summed E-state index contributed by atoms with van der Waals surface area (Å²) in [5, 5.41) is 12.1. The van der Waals surface area contributed by atoms with E-state index in [4.69, 9.17) is 5.11 Å². The Morgan fingerprint density at radius 1 is 1.09 bits per heavy atom. The van der Waals surface area contributed by atoms with Crippen molar-refractivity contribution >= 4 is 11.9 Å². The van der Waals surface area contributed by atoms with Crippen LogP contribution >= 0.6 is 0 Å². The van der Waals surface area contributed by atoms with Crippen molar-refractivity contribution in [1.82, 2.24) is 5.32 Å². The fourth-order valence-electron chi connectivity index (χ4n) is 3.10. The first kappa shape index (κ1) is 15.3. The van der Waals surface area contributed by atoms with Crippen molar-refractivity contribution in [3.63, 3.8) is 0 Å². The van der Waals surface area contributed by atoms with E-state index in [-0.39, 0.29) is 23.9 Å². The molecule has 1 unspecified atom stereocenters. The summed E-state index contributed by atoms with van der Waals surface area (Å²) in [6, 6.07) is 15.0. The first-order valence-electron chi connectivity index (χ1n) is 7.80. The van der Waals surface area contributed by atoms with Gasteiger partial charge in [-0.15, -0.1) is 0 Å². The van der Waals surface area contributed by atoms with Crippen molar-refractivity contribution in [3.05, 3.63) is 70.8 Å². The van der Waals surface area contributed by atoms with Gasteiger partial charge in [-0.1, -0.05) is 36.4 Å². The second-order valence-electron chi connectivity index (χ2n) is 5.96. The maximum absolute atomic E-state index is 12.2. The number of carbonyl (C=O) groups excluding carboxylic acids is 1. The summed E-state index contributed by atoms with van der Waals surface area (Å²) < 4.78 is 0. The SMILES string of the molecule is O=C(Cc1cccc(C(=O)O)c1)NC1CCc2ccccc2C1. The number of fused-ring (bicyclic) bond motifs is 1. The van der Waals surface area contributed by atoms with Gasteiger partial charge < -0.3 is 10.4 Å². The highest BCUT2D eigenvalue weighted by Crippen LogP contribution is 2.21. The highest BCUT2D eigenvalue weighted by atomic mass is 16.4. The van der Waals surface area contributed by atoms with Crippen LogP contribution < -0.4 is 5.32 Å². The molecular weight excluding hydrogens is 290 g/mol. The highest BCUT2D eigenvalue weighted by molar-refractivity contribution is 5.88. The lowest BCUT2D eigenvalue weighted by molar-refractivity contribution is -0.121. The number of aryl methyl sites for hydroxylation is 1. The molecule has 0 aromatic heterocycles. The maximum Gasteiger partial charge on any atom is 0.335 e. The molecule has 3 rings (SSSR count). The molecule has 2 aromatic rings. The number of benzene rings is 2. The van der Waals surface area contributed by atoms with E-state index in [0.29, 0.717) is 0 Å². The molecule has 0 saturated carbocycles. The van der Waals surface area contributed by atoms with Gasteiger partial charge in [-0.2, -0.15) is 0 Å². The Hall–Kier alpha value is -2.62. The third-order valence-corrected chi connectivity index (χ3v) is 4.25. The molecule has 1 aliphatic carbocycles. The maximum atomic E-state index is 12.2. The molecule has 0 bridgehead atoms.